The first-order chi connectivity index (χ1) is 9.49. The molecular formula is C14H20N2O4. The van der Waals surface area contributed by atoms with Gasteiger partial charge in [-0.3, -0.25) is 9.59 Å². The van der Waals surface area contributed by atoms with Crippen LogP contribution >= 0.6 is 0 Å². The average Bonchev–Trinajstić information content (AvgIpc) is 2.70. The Kier molecular flexibility index (Phi) is 4.42. The van der Waals surface area contributed by atoms with Gasteiger partial charge in [-0.1, -0.05) is 5.16 Å². The summed E-state index contributed by atoms with van der Waals surface area (Å²) in [5, 5.41) is 12.8. The Balaban J connectivity index is 2.08. The van der Waals surface area contributed by atoms with Crippen molar-refractivity contribution in [3.63, 3.8) is 0 Å². The topological polar surface area (TPSA) is 83.6 Å². The Morgan fingerprint density at radius 1 is 1.40 bits per heavy atom. The van der Waals surface area contributed by atoms with Crippen molar-refractivity contribution >= 4 is 11.9 Å². The van der Waals surface area contributed by atoms with Crippen LogP contribution in [0.15, 0.2) is 4.52 Å². The van der Waals surface area contributed by atoms with E-state index < -0.39 is 5.97 Å². The van der Waals surface area contributed by atoms with Crippen molar-refractivity contribution in [1.82, 2.24) is 10.1 Å². The third-order valence-corrected chi connectivity index (χ3v) is 3.87. The number of hydrogen-bond donors (Lipinski definition) is 1. The fourth-order valence-corrected chi connectivity index (χ4v) is 2.75. The lowest BCUT2D eigenvalue weighted by atomic mass is 9.98. The molecule has 20 heavy (non-hydrogen) atoms. The molecular weight excluding hydrogens is 260 g/mol. The van der Waals surface area contributed by atoms with E-state index in [4.69, 9.17) is 9.63 Å². The van der Waals surface area contributed by atoms with Crippen LogP contribution in [0.3, 0.4) is 0 Å². The van der Waals surface area contributed by atoms with Crippen LogP contribution < -0.4 is 0 Å². The number of aromatic nitrogens is 1. The van der Waals surface area contributed by atoms with E-state index in [-0.39, 0.29) is 24.8 Å². The molecule has 0 radical (unpaired) electrons. The number of carbonyl (C=O) groups excluding carboxylic acids is 1. The highest BCUT2D eigenvalue weighted by molar-refractivity contribution is 5.80. The predicted octanol–water partition coefficient (Wildman–Crippen LogP) is 1.69. The molecule has 1 aliphatic heterocycles. The number of carboxylic acid groups (broad SMARTS) is 1. The van der Waals surface area contributed by atoms with E-state index in [2.05, 4.69) is 5.16 Å². The smallest absolute Gasteiger partial charge is 0.305 e. The Morgan fingerprint density at radius 3 is 2.75 bits per heavy atom. The van der Waals surface area contributed by atoms with Gasteiger partial charge >= 0.3 is 5.97 Å². The van der Waals surface area contributed by atoms with Crippen molar-refractivity contribution in [2.75, 3.05) is 6.54 Å². The van der Waals surface area contributed by atoms with Gasteiger partial charge in [-0.25, -0.2) is 0 Å². The minimum absolute atomic E-state index is 0.0212. The lowest BCUT2D eigenvalue weighted by Crippen LogP contribution is -2.45. The van der Waals surface area contributed by atoms with Gasteiger partial charge in [-0.15, -0.1) is 0 Å². The molecule has 0 aliphatic carbocycles. The Bertz CT molecular complexity index is 490. The molecule has 2 heterocycles. The number of hydrogen-bond acceptors (Lipinski definition) is 4. The Labute approximate surface area is 117 Å². The molecule has 1 atom stereocenters. The maximum atomic E-state index is 12.4. The van der Waals surface area contributed by atoms with E-state index in [1.807, 2.05) is 6.92 Å². The second-order valence-corrected chi connectivity index (χ2v) is 5.31. The standard InChI is InChI=1S/C14H20N2O4/c1-9-12(10(2)20-15-9)8-13(17)16-6-4-3-5-11(16)7-14(18)19/h11H,3-8H2,1-2H3,(H,18,19). The first-order valence-electron chi connectivity index (χ1n) is 6.92. The first kappa shape index (κ1) is 14.6. The molecule has 1 unspecified atom stereocenters. The molecule has 0 aromatic carbocycles. The summed E-state index contributed by atoms with van der Waals surface area (Å²) >= 11 is 0. The van der Waals surface area contributed by atoms with Crippen LogP contribution in [0.2, 0.25) is 0 Å². The third-order valence-electron chi connectivity index (χ3n) is 3.87. The largest absolute Gasteiger partial charge is 0.481 e. The number of carbonyl (C=O) groups is 2. The maximum absolute atomic E-state index is 12.4. The molecule has 1 aromatic rings. The number of rotatable bonds is 4. The summed E-state index contributed by atoms with van der Waals surface area (Å²) < 4.78 is 5.06. The van der Waals surface area contributed by atoms with E-state index in [0.717, 1.165) is 30.5 Å². The molecule has 0 bridgehead atoms. The second-order valence-electron chi connectivity index (χ2n) is 5.31. The van der Waals surface area contributed by atoms with Crippen molar-refractivity contribution in [1.29, 1.82) is 0 Å². The van der Waals surface area contributed by atoms with Crippen molar-refractivity contribution in [3.05, 3.63) is 17.0 Å². The zero-order valence-electron chi connectivity index (χ0n) is 11.9. The zero-order chi connectivity index (χ0) is 14.7. The van der Waals surface area contributed by atoms with Crippen LogP contribution in [0.25, 0.3) is 0 Å². The predicted molar refractivity (Wildman–Crippen MR) is 71.3 cm³/mol. The Hall–Kier alpha value is -1.85. The van der Waals surface area contributed by atoms with Gasteiger partial charge < -0.3 is 14.5 Å². The van der Waals surface area contributed by atoms with Crippen LogP contribution in [-0.2, 0) is 16.0 Å². The molecule has 6 nitrogen and oxygen atoms in total. The van der Waals surface area contributed by atoms with Gasteiger partial charge in [0.15, 0.2) is 0 Å². The number of nitrogens with zero attached hydrogens (tertiary/aromatic N) is 2. The zero-order valence-corrected chi connectivity index (χ0v) is 11.9. The average molecular weight is 280 g/mol. The van der Waals surface area contributed by atoms with E-state index >= 15 is 0 Å². The first-order valence-corrected chi connectivity index (χ1v) is 6.92. The summed E-state index contributed by atoms with van der Waals surface area (Å²) in [6.07, 6.45) is 2.93. The molecule has 6 heteroatoms. The number of likely N-dealkylation sites (tertiary alicyclic amines) is 1. The lowest BCUT2D eigenvalue weighted by Gasteiger charge is -2.35. The summed E-state index contributed by atoms with van der Waals surface area (Å²) in [5.74, 6) is -0.236. The highest BCUT2D eigenvalue weighted by Crippen LogP contribution is 2.22. The summed E-state index contributed by atoms with van der Waals surface area (Å²) in [6, 6.07) is -0.186. The van der Waals surface area contributed by atoms with Gasteiger partial charge in [-0.05, 0) is 33.1 Å². The van der Waals surface area contributed by atoms with Gasteiger partial charge in [0.2, 0.25) is 5.91 Å². The quantitative estimate of drug-likeness (QED) is 0.907. The molecule has 1 aromatic heterocycles. The number of aliphatic carboxylic acids is 1. The molecule has 2 rings (SSSR count). The SMILES string of the molecule is Cc1noc(C)c1CC(=O)N1CCCCC1CC(=O)O. The van der Waals surface area contributed by atoms with Gasteiger partial charge in [0, 0.05) is 18.2 Å². The van der Waals surface area contributed by atoms with Crippen LogP contribution in [-0.4, -0.2) is 39.6 Å². The van der Waals surface area contributed by atoms with E-state index in [1.54, 1.807) is 11.8 Å². The number of carboxylic acids is 1. The van der Waals surface area contributed by atoms with Crippen LogP contribution in [0.4, 0.5) is 0 Å². The summed E-state index contributed by atoms with van der Waals surface area (Å²) in [7, 11) is 0. The van der Waals surface area contributed by atoms with E-state index in [1.165, 1.54) is 0 Å². The fraction of sp³-hybridized carbons (Fsp3) is 0.643. The van der Waals surface area contributed by atoms with Gasteiger partial charge in [-0.2, -0.15) is 0 Å². The van der Waals surface area contributed by atoms with Crippen LogP contribution in [0.5, 0.6) is 0 Å². The minimum Gasteiger partial charge on any atom is -0.481 e. The molecule has 0 saturated carbocycles. The van der Waals surface area contributed by atoms with Crippen molar-refractivity contribution in [3.8, 4) is 0 Å². The fourth-order valence-electron chi connectivity index (χ4n) is 2.75. The van der Waals surface area contributed by atoms with Gasteiger partial charge in [0.25, 0.3) is 0 Å². The Morgan fingerprint density at radius 2 is 2.15 bits per heavy atom. The number of aryl methyl sites for hydroxylation is 2. The summed E-state index contributed by atoms with van der Waals surface area (Å²) in [5.41, 5.74) is 1.54. The number of piperidine rings is 1. The van der Waals surface area contributed by atoms with E-state index in [0.29, 0.717) is 12.3 Å². The van der Waals surface area contributed by atoms with Crippen LogP contribution in [0.1, 0.15) is 42.7 Å². The molecule has 1 N–H and O–H groups in total. The molecule has 110 valence electrons. The van der Waals surface area contributed by atoms with Gasteiger partial charge in [0.05, 0.1) is 18.5 Å². The van der Waals surface area contributed by atoms with Crippen molar-refractivity contribution < 1.29 is 19.2 Å². The minimum atomic E-state index is -0.855. The van der Waals surface area contributed by atoms with Crippen molar-refractivity contribution in [2.45, 2.75) is 52.0 Å². The second kappa shape index (κ2) is 6.07. The van der Waals surface area contributed by atoms with Crippen molar-refractivity contribution in [2.24, 2.45) is 0 Å². The molecule has 0 spiro atoms. The maximum Gasteiger partial charge on any atom is 0.305 e. The molecule has 1 aliphatic rings. The molecule has 1 fully saturated rings. The monoisotopic (exact) mass is 280 g/mol. The third kappa shape index (κ3) is 3.18. The summed E-state index contributed by atoms with van der Waals surface area (Å²) in [6.45, 7) is 4.23. The summed E-state index contributed by atoms with van der Waals surface area (Å²) in [4.78, 5) is 25.0. The highest BCUT2D eigenvalue weighted by atomic mass is 16.5. The van der Waals surface area contributed by atoms with E-state index in [9.17, 15) is 9.59 Å². The molecule has 1 saturated heterocycles. The highest BCUT2D eigenvalue weighted by Gasteiger charge is 2.29. The normalized spacial score (nSPS) is 19.1. The number of amides is 1. The lowest BCUT2D eigenvalue weighted by molar-refractivity contribution is -0.141. The van der Waals surface area contributed by atoms with Crippen LogP contribution in [0, 0.1) is 13.8 Å². The molecule has 1 amide bonds. The van der Waals surface area contributed by atoms with Gasteiger partial charge in [0.1, 0.15) is 5.76 Å².